The maximum absolute atomic E-state index is 13.3. The molecule has 3 aromatic rings. The first kappa shape index (κ1) is 25.8. The number of ketones is 1. The molecule has 0 radical (unpaired) electrons. The third-order valence-corrected chi connectivity index (χ3v) is 5.28. The van der Waals surface area contributed by atoms with Crippen molar-refractivity contribution in [1.82, 2.24) is 0 Å². The van der Waals surface area contributed by atoms with Gasteiger partial charge in [0, 0.05) is 29.7 Å². The Bertz CT molecular complexity index is 1250. The van der Waals surface area contributed by atoms with Crippen molar-refractivity contribution in [2.75, 3.05) is 21.3 Å². The number of benzene rings is 3. The molecule has 0 bridgehead atoms. The average molecular weight is 500 g/mol. The van der Waals surface area contributed by atoms with E-state index >= 15 is 0 Å². The number of esters is 1. The van der Waals surface area contributed by atoms with Crippen molar-refractivity contribution in [2.45, 2.75) is 12.5 Å². The standard InChI is InChI=1S/C25H24O11/c1-33-21-7-13(8-22(34-2)24(21)35-3)25(32)36-20(11-15-17(28)9-14(26)10-18(15)29)23(31)12-4-5-16(27)19(30)6-12/h4-10,20,26-30H,11H2,1-3H3/t20-/m1/s1. The normalized spacial score (nSPS) is 11.4. The summed E-state index contributed by atoms with van der Waals surface area (Å²) in [6.07, 6.45) is -2.10. The number of carbonyl (C=O) groups excluding carboxylic acids is 2. The summed E-state index contributed by atoms with van der Waals surface area (Å²) >= 11 is 0. The Kier molecular flexibility index (Phi) is 7.63. The van der Waals surface area contributed by atoms with Gasteiger partial charge in [0.25, 0.3) is 0 Å². The van der Waals surface area contributed by atoms with Gasteiger partial charge in [0.1, 0.15) is 17.2 Å². The first-order valence-electron chi connectivity index (χ1n) is 10.4. The van der Waals surface area contributed by atoms with Gasteiger partial charge in [0.15, 0.2) is 29.1 Å². The van der Waals surface area contributed by atoms with Gasteiger partial charge in [-0.1, -0.05) is 0 Å². The van der Waals surface area contributed by atoms with Crippen LogP contribution in [0, 0.1) is 0 Å². The van der Waals surface area contributed by atoms with Crippen molar-refractivity contribution in [3.63, 3.8) is 0 Å². The molecule has 5 N–H and O–H groups in total. The number of rotatable bonds is 9. The number of carbonyl (C=O) groups is 2. The van der Waals surface area contributed by atoms with Crippen LogP contribution in [0.3, 0.4) is 0 Å². The SMILES string of the molecule is COc1cc(C(=O)O[C@H](Cc2c(O)cc(O)cc2O)C(=O)c2ccc(O)c(O)c2)cc(OC)c1OC. The van der Waals surface area contributed by atoms with Gasteiger partial charge in [-0.3, -0.25) is 4.79 Å². The maximum Gasteiger partial charge on any atom is 0.339 e. The smallest absolute Gasteiger partial charge is 0.339 e. The van der Waals surface area contributed by atoms with Crippen molar-refractivity contribution in [1.29, 1.82) is 0 Å². The summed E-state index contributed by atoms with van der Waals surface area (Å²) in [7, 11) is 4.09. The highest BCUT2D eigenvalue weighted by Crippen LogP contribution is 2.39. The Labute approximate surface area is 205 Å². The lowest BCUT2D eigenvalue weighted by atomic mass is 9.98. The summed E-state index contributed by atoms with van der Waals surface area (Å²) < 4.78 is 21.2. The molecule has 1 atom stereocenters. The molecule has 0 unspecified atom stereocenters. The zero-order chi connectivity index (χ0) is 26.6. The largest absolute Gasteiger partial charge is 0.508 e. The summed E-state index contributed by atoms with van der Waals surface area (Å²) in [4.78, 5) is 26.3. The van der Waals surface area contributed by atoms with Crippen molar-refractivity contribution in [3.05, 3.63) is 59.2 Å². The highest BCUT2D eigenvalue weighted by atomic mass is 16.5. The van der Waals surface area contributed by atoms with Gasteiger partial charge in [0.2, 0.25) is 11.5 Å². The molecule has 190 valence electrons. The lowest BCUT2D eigenvalue weighted by Crippen LogP contribution is -2.30. The molecule has 0 saturated carbocycles. The van der Waals surface area contributed by atoms with Gasteiger partial charge in [-0.25, -0.2) is 4.79 Å². The van der Waals surface area contributed by atoms with E-state index in [0.717, 1.165) is 24.3 Å². The minimum absolute atomic E-state index is 0.0602. The van der Waals surface area contributed by atoms with Crippen LogP contribution in [0.1, 0.15) is 26.3 Å². The Balaban J connectivity index is 2.03. The number of Topliss-reactive ketones (excluding diaryl/α,β-unsaturated/α-hetero) is 1. The second kappa shape index (κ2) is 10.6. The topological polar surface area (TPSA) is 172 Å². The lowest BCUT2D eigenvalue weighted by molar-refractivity contribution is 0.0282. The molecule has 0 heterocycles. The molecule has 3 aromatic carbocycles. The van der Waals surface area contributed by atoms with Gasteiger partial charge >= 0.3 is 5.97 Å². The highest BCUT2D eigenvalue weighted by molar-refractivity contribution is 6.02. The van der Waals surface area contributed by atoms with Gasteiger partial charge in [-0.15, -0.1) is 0 Å². The minimum atomic E-state index is -1.61. The zero-order valence-corrected chi connectivity index (χ0v) is 19.5. The van der Waals surface area contributed by atoms with Crippen LogP contribution < -0.4 is 14.2 Å². The summed E-state index contributed by atoms with van der Waals surface area (Å²) in [5.41, 5.74) is -0.354. The number of phenolic OH excluding ortho intramolecular Hbond substituents is 5. The Hall–Kier alpha value is -4.80. The van der Waals surface area contributed by atoms with Gasteiger partial charge < -0.3 is 44.5 Å². The van der Waals surface area contributed by atoms with E-state index < -0.39 is 53.0 Å². The van der Waals surface area contributed by atoms with E-state index in [1.54, 1.807) is 0 Å². The van der Waals surface area contributed by atoms with E-state index in [1.807, 2.05) is 0 Å². The Morgan fingerprint density at radius 3 is 1.81 bits per heavy atom. The second-order valence-electron chi connectivity index (χ2n) is 7.54. The van der Waals surface area contributed by atoms with E-state index in [1.165, 1.54) is 39.5 Å². The summed E-state index contributed by atoms with van der Waals surface area (Å²) in [6, 6.07) is 7.78. The third kappa shape index (κ3) is 5.30. The number of hydrogen-bond acceptors (Lipinski definition) is 11. The third-order valence-electron chi connectivity index (χ3n) is 5.28. The second-order valence-corrected chi connectivity index (χ2v) is 7.54. The molecular formula is C25H24O11. The summed E-state index contributed by atoms with van der Waals surface area (Å²) in [5, 5.41) is 49.4. The molecule has 11 heteroatoms. The van der Waals surface area contributed by atoms with Crippen LogP contribution in [0.4, 0.5) is 0 Å². The number of ether oxygens (including phenoxy) is 4. The van der Waals surface area contributed by atoms with Crippen molar-refractivity contribution in [3.8, 4) is 46.0 Å². The predicted molar refractivity (Wildman–Crippen MR) is 125 cm³/mol. The highest BCUT2D eigenvalue weighted by Gasteiger charge is 2.29. The monoisotopic (exact) mass is 500 g/mol. The van der Waals surface area contributed by atoms with E-state index in [-0.39, 0.29) is 33.9 Å². The summed E-state index contributed by atoms with van der Waals surface area (Å²) in [6.45, 7) is 0. The van der Waals surface area contributed by atoms with Crippen molar-refractivity contribution >= 4 is 11.8 Å². The van der Waals surface area contributed by atoms with E-state index in [2.05, 4.69) is 0 Å². The molecule has 36 heavy (non-hydrogen) atoms. The van der Waals surface area contributed by atoms with Crippen LogP contribution in [-0.4, -0.2) is 64.7 Å². The van der Waals surface area contributed by atoms with Gasteiger partial charge in [0.05, 0.1) is 26.9 Å². The first-order chi connectivity index (χ1) is 17.1. The fraction of sp³-hybridized carbons (Fsp3) is 0.200. The van der Waals surface area contributed by atoms with Crippen LogP contribution in [-0.2, 0) is 11.2 Å². The van der Waals surface area contributed by atoms with Crippen LogP contribution in [0.5, 0.6) is 46.0 Å². The molecule has 0 aliphatic heterocycles. The lowest BCUT2D eigenvalue weighted by Gasteiger charge is -2.20. The number of hydrogen-bond donors (Lipinski definition) is 5. The molecule has 0 aromatic heterocycles. The summed E-state index contributed by atoms with van der Waals surface area (Å²) in [5.74, 6) is -3.79. The van der Waals surface area contributed by atoms with Gasteiger partial charge in [-0.05, 0) is 30.3 Å². The quantitative estimate of drug-likeness (QED) is 0.166. The number of methoxy groups -OCH3 is 3. The van der Waals surface area contributed by atoms with E-state index in [9.17, 15) is 35.1 Å². The van der Waals surface area contributed by atoms with Crippen molar-refractivity contribution < 1.29 is 54.1 Å². The van der Waals surface area contributed by atoms with E-state index in [4.69, 9.17) is 18.9 Å². The Morgan fingerprint density at radius 1 is 0.722 bits per heavy atom. The average Bonchev–Trinajstić information content (AvgIpc) is 2.85. The maximum atomic E-state index is 13.3. The molecule has 3 rings (SSSR count). The van der Waals surface area contributed by atoms with Crippen LogP contribution in [0.25, 0.3) is 0 Å². The molecule has 0 aliphatic rings. The molecule has 0 spiro atoms. The number of phenols is 5. The zero-order valence-electron chi connectivity index (χ0n) is 19.5. The fourth-order valence-electron chi connectivity index (χ4n) is 3.47. The molecule has 0 saturated heterocycles. The predicted octanol–water partition coefficient (Wildman–Crippen LogP) is 2.89. The molecule has 0 fully saturated rings. The molecule has 0 aliphatic carbocycles. The fourth-order valence-corrected chi connectivity index (χ4v) is 3.47. The molecule has 11 nitrogen and oxygen atoms in total. The minimum Gasteiger partial charge on any atom is -0.508 e. The van der Waals surface area contributed by atoms with Crippen LogP contribution >= 0.6 is 0 Å². The Morgan fingerprint density at radius 2 is 1.31 bits per heavy atom. The number of aromatic hydroxyl groups is 5. The molecule has 0 amide bonds. The van der Waals surface area contributed by atoms with Gasteiger partial charge in [-0.2, -0.15) is 0 Å². The van der Waals surface area contributed by atoms with Crippen LogP contribution in [0.15, 0.2) is 42.5 Å². The van der Waals surface area contributed by atoms with Crippen molar-refractivity contribution in [2.24, 2.45) is 0 Å². The molecular weight excluding hydrogens is 476 g/mol. The van der Waals surface area contributed by atoms with Crippen LogP contribution in [0.2, 0.25) is 0 Å². The van der Waals surface area contributed by atoms with E-state index in [0.29, 0.717) is 0 Å². The first-order valence-corrected chi connectivity index (χ1v) is 10.4.